The molecular weight excluding hydrogens is 314 g/mol. The van der Waals surface area contributed by atoms with E-state index in [0.29, 0.717) is 5.65 Å². The molecule has 0 spiro atoms. The maximum Gasteiger partial charge on any atom is 0.224 e. The molecule has 3 heterocycles. The van der Waals surface area contributed by atoms with Gasteiger partial charge in [-0.25, -0.2) is 4.98 Å². The first-order valence-corrected chi connectivity index (χ1v) is 8.45. The number of nitrogens with two attached hydrogens (primary N) is 1. The molecule has 3 aromatic rings. The van der Waals surface area contributed by atoms with Gasteiger partial charge >= 0.3 is 0 Å². The molecule has 7 heteroatoms. The van der Waals surface area contributed by atoms with Crippen LogP contribution in [0.15, 0.2) is 42.7 Å². The number of H-pyrrole nitrogens is 1. The zero-order valence-electron chi connectivity index (χ0n) is 14.0. The maximum absolute atomic E-state index is 5.82. The molecule has 4 rings (SSSR count). The summed E-state index contributed by atoms with van der Waals surface area (Å²) in [4.78, 5) is 20.6. The average Bonchev–Trinajstić information content (AvgIpc) is 3.11. The number of piperazine rings is 1. The molecule has 1 saturated heterocycles. The second-order valence-electron chi connectivity index (χ2n) is 6.11. The van der Waals surface area contributed by atoms with Crippen molar-refractivity contribution >= 4 is 29.0 Å². The van der Waals surface area contributed by atoms with Crippen molar-refractivity contribution in [3.8, 4) is 0 Å². The van der Waals surface area contributed by atoms with E-state index in [1.807, 2.05) is 6.07 Å². The lowest BCUT2D eigenvalue weighted by molar-refractivity contribution is 0.284. The Balaban J connectivity index is 1.38. The predicted molar refractivity (Wildman–Crippen MR) is 100 cm³/mol. The first-order chi connectivity index (χ1) is 12.3. The van der Waals surface area contributed by atoms with Crippen molar-refractivity contribution in [2.45, 2.75) is 0 Å². The molecule has 25 heavy (non-hydrogen) atoms. The van der Waals surface area contributed by atoms with Gasteiger partial charge in [-0.1, -0.05) is 42.5 Å². The normalized spacial score (nSPS) is 16.1. The zero-order valence-corrected chi connectivity index (χ0v) is 14.0. The van der Waals surface area contributed by atoms with Crippen molar-refractivity contribution < 1.29 is 0 Å². The van der Waals surface area contributed by atoms with Crippen LogP contribution in [0.2, 0.25) is 0 Å². The number of hydrogen-bond donors (Lipinski definition) is 2. The number of nitrogens with zero attached hydrogens (tertiary/aromatic N) is 5. The Hall–Kier alpha value is -2.93. The minimum atomic E-state index is 0.267. The summed E-state index contributed by atoms with van der Waals surface area (Å²) in [5, 5.41) is 0. The van der Waals surface area contributed by atoms with E-state index in [1.165, 1.54) is 5.56 Å². The van der Waals surface area contributed by atoms with Crippen LogP contribution in [0.25, 0.3) is 17.2 Å². The van der Waals surface area contributed by atoms with Gasteiger partial charge in [-0.15, -0.1) is 0 Å². The van der Waals surface area contributed by atoms with Crippen molar-refractivity contribution in [1.82, 2.24) is 24.8 Å². The van der Waals surface area contributed by atoms with Gasteiger partial charge in [0.05, 0.1) is 6.33 Å². The topological polar surface area (TPSA) is 87.0 Å². The molecular formula is C18H21N7. The van der Waals surface area contributed by atoms with Crippen molar-refractivity contribution in [3.63, 3.8) is 0 Å². The first kappa shape index (κ1) is 15.6. The summed E-state index contributed by atoms with van der Waals surface area (Å²) in [6, 6.07) is 10.4. The van der Waals surface area contributed by atoms with Crippen molar-refractivity contribution in [3.05, 3.63) is 48.3 Å². The number of fused-ring (bicyclic) bond motifs is 1. The molecule has 0 amide bonds. The molecule has 3 N–H and O–H groups in total. The number of hydrogen-bond acceptors (Lipinski definition) is 6. The summed E-state index contributed by atoms with van der Waals surface area (Å²) in [5.74, 6) is 1.11. The standard InChI is InChI=1S/C18H21N7/c19-18-22-16-15(20-13-21-16)17(23-18)25-11-9-24(10-12-25)8-4-7-14-5-2-1-3-6-14/h1-7,13H,8-12H2,(H3,19,20,21,22,23)/b7-4+. The van der Waals surface area contributed by atoms with E-state index in [1.54, 1.807) is 6.33 Å². The number of nitrogens with one attached hydrogen (secondary N) is 1. The minimum Gasteiger partial charge on any atom is -0.368 e. The summed E-state index contributed by atoms with van der Waals surface area (Å²) in [7, 11) is 0. The zero-order chi connectivity index (χ0) is 17.1. The molecule has 1 fully saturated rings. The van der Waals surface area contributed by atoms with Crippen LogP contribution in [0.1, 0.15) is 5.56 Å². The van der Waals surface area contributed by atoms with E-state index < -0.39 is 0 Å². The SMILES string of the molecule is Nc1nc(N2CCN(C/C=C/c3ccccc3)CC2)c2[nH]cnc2n1. The van der Waals surface area contributed by atoms with Gasteiger partial charge in [0.2, 0.25) is 5.95 Å². The van der Waals surface area contributed by atoms with E-state index >= 15 is 0 Å². The number of benzene rings is 1. The third-order valence-electron chi connectivity index (χ3n) is 4.43. The fourth-order valence-electron chi connectivity index (χ4n) is 3.11. The van der Waals surface area contributed by atoms with Gasteiger partial charge in [0.1, 0.15) is 5.52 Å². The molecule has 1 aromatic carbocycles. The van der Waals surface area contributed by atoms with E-state index in [-0.39, 0.29) is 5.95 Å². The van der Waals surface area contributed by atoms with Gasteiger partial charge in [-0.05, 0) is 5.56 Å². The molecule has 0 unspecified atom stereocenters. The number of imidazole rings is 1. The van der Waals surface area contributed by atoms with Crippen LogP contribution in [-0.2, 0) is 0 Å². The van der Waals surface area contributed by atoms with Gasteiger partial charge in [-0.3, -0.25) is 4.90 Å². The Bertz CT molecular complexity index is 864. The van der Waals surface area contributed by atoms with E-state index in [4.69, 9.17) is 5.73 Å². The van der Waals surface area contributed by atoms with Crippen LogP contribution in [0.4, 0.5) is 11.8 Å². The third-order valence-corrected chi connectivity index (χ3v) is 4.43. The second-order valence-corrected chi connectivity index (χ2v) is 6.11. The molecule has 128 valence electrons. The Morgan fingerprint density at radius 2 is 1.88 bits per heavy atom. The molecule has 1 aliphatic heterocycles. The first-order valence-electron chi connectivity index (χ1n) is 8.45. The van der Waals surface area contributed by atoms with Gasteiger partial charge in [-0.2, -0.15) is 9.97 Å². The Kier molecular flexibility index (Phi) is 4.30. The number of rotatable bonds is 4. The van der Waals surface area contributed by atoms with E-state index in [9.17, 15) is 0 Å². The molecule has 0 bridgehead atoms. The molecule has 0 aliphatic carbocycles. The lowest BCUT2D eigenvalue weighted by Crippen LogP contribution is -2.46. The predicted octanol–water partition coefficient (Wildman–Crippen LogP) is 1.77. The highest BCUT2D eigenvalue weighted by Gasteiger charge is 2.20. The van der Waals surface area contributed by atoms with Gasteiger partial charge in [0.15, 0.2) is 11.5 Å². The van der Waals surface area contributed by atoms with Gasteiger partial charge in [0.25, 0.3) is 0 Å². The van der Waals surface area contributed by atoms with Gasteiger partial charge < -0.3 is 15.6 Å². The summed E-state index contributed by atoms with van der Waals surface area (Å²) in [6.07, 6.45) is 6.03. The molecule has 0 radical (unpaired) electrons. The maximum atomic E-state index is 5.82. The number of anilines is 2. The smallest absolute Gasteiger partial charge is 0.224 e. The lowest BCUT2D eigenvalue weighted by Gasteiger charge is -2.34. The highest BCUT2D eigenvalue weighted by molar-refractivity contribution is 5.84. The van der Waals surface area contributed by atoms with Crippen LogP contribution in [0, 0.1) is 0 Å². The molecule has 1 aliphatic rings. The molecule has 0 saturated carbocycles. The van der Waals surface area contributed by atoms with Crippen molar-refractivity contribution in [1.29, 1.82) is 0 Å². The summed E-state index contributed by atoms with van der Waals surface area (Å²) in [5.41, 5.74) is 8.53. The fourth-order valence-corrected chi connectivity index (χ4v) is 3.11. The number of nitrogen functional groups attached to an aromatic ring is 1. The van der Waals surface area contributed by atoms with Crippen LogP contribution in [0.5, 0.6) is 0 Å². The van der Waals surface area contributed by atoms with E-state index in [2.05, 4.69) is 66.2 Å². The molecule has 2 aromatic heterocycles. The summed E-state index contributed by atoms with van der Waals surface area (Å²) >= 11 is 0. The van der Waals surface area contributed by atoms with Gasteiger partial charge in [0, 0.05) is 32.7 Å². The number of aromatic nitrogens is 4. The quantitative estimate of drug-likeness (QED) is 0.756. The van der Waals surface area contributed by atoms with Crippen molar-refractivity contribution in [2.75, 3.05) is 43.4 Å². The lowest BCUT2D eigenvalue weighted by atomic mass is 10.2. The average molecular weight is 335 g/mol. The Morgan fingerprint density at radius 3 is 2.68 bits per heavy atom. The Morgan fingerprint density at radius 1 is 1.08 bits per heavy atom. The monoisotopic (exact) mass is 335 g/mol. The van der Waals surface area contributed by atoms with Crippen LogP contribution in [-0.4, -0.2) is 57.6 Å². The Labute approximate surface area is 146 Å². The minimum absolute atomic E-state index is 0.267. The second kappa shape index (κ2) is 6.90. The van der Waals surface area contributed by atoms with Crippen LogP contribution >= 0.6 is 0 Å². The highest BCUT2D eigenvalue weighted by Crippen LogP contribution is 2.22. The van der Waals surface area contributed by atoms with Crippen molar-refractivity contribution in [2.24, 2.45) is 0 Å². The van der Waals surface area contributed by atoms with E-state index in [0.717, 1.165) is 44.1 Å². The highest BCUT2D eigenvalue weighted by atomic mass is 15.3. The summed E-state index contributed by atoms with van der Waals surface area (Å²) < 4.78 is 0. The summed E-state index contributed by atoms with van der Waals surface area (Å²) in [6.45, 7) is 4.74. The third kappa shape index (κ3) is 3.46. The number of aromatic amines is 1. The molecule has 0 atom stereocenters. The van der Waals surface area contributed by atoms with Crippen LogP contribution < -0.4 is 10.6 Å². The largest absolute Gasteiger partial charge is 0.368 e. The molecule has 7 nitrogen and oxygen atoms in total. The van der Waals surface area contributed by atoms with Crippen LogP contribution in [0.3, 0.4) is 0 Å². The fraction of sp³-hybridized carbons (Fsp3) is 0.278.